The third-order valence-corrected chi connectivity index (χ3v) is 6.57. The summed E-state index contributed by atoms with van der Waals surface area (Å²) in [5.74, 6) is 0.759. The van der Waals surface area contributed by atoms with Crippen molar-refractivity contribution in [3.63, 3.8) is 0 Å². The molecule has 2 aromatic heterocycles. The number of anilines is 3. The normalized spacial score (nSPS) is 15.9. The maximum Gasteiger partial charge on any atom is 0.320 e. The Hall–Kier alpha value is -3.76. The molecule has 1 amide bonds. The van der Waals surface area contributed by atoms with Gasteiger partial charge in [-0.3, -0.25) is 19.6 Å². The SMILES string of the molecule is COCCOc1nc(N)c2c(n1)N(Cc1ccc(CN3CCN(c4ccncc4)CC3)cc1)C(=O)C2. The maximum absolute atomic E-state index is 12.7. The molecule has 1 saturated heterocycles. The lowest BCUT2D eigenvalue weighted by atomic mass is 10.1. The number of hydrogen-bond donors (Lipinski definition) is 1. The van der Waals surface area contributed by atoms with E-state index in [0.717, 1.165) is 38.3 Å². The highest BCUT2D eigenvalue weighted by Crippen LogP contribution is 2.33. The first-order valence-electron chi connectivity index (χ1n) is 12.1. The van der Waals surface area contributed by atoms with Gasteiger partial charge in [-0.1, -0.05) is 24.3 Å². The van der Waals surface area contributed by atoms with Crippen molar-refractivity contribution in [3.05, 3.63) is 65.5 Å². The molecule has 3 aromatic rings. The van der Waals surface area contributed by atoms with Crippen molar-refractivity contribution < 1.29 is 14.3 Å². The number of piperazine rings is 1. The number of ether oxygens (including phenoxy) is 2. The number of nitrogens with zero attached hydrogens (tertiary/aromatic N) is 6. The number of rotatable bonds is 9. The lowest BCUT2D eigenvalue weighted by Gasteiger charge is -2.36. The van der Waals surface area contributed by atoms with Crippen LogP contribution in [0.3, 0.4) is 0 Å². The highest BCUT2D eigenvalue weighted by Gasteiger charge is 2.32. The topological polar surface area (TPSA) is 110 Å². The zero-order valence-electron chi connectivity index (χ0n) is 20.5. The van der Waals surface area contributed by atoms with E-state index < -0.39 is 0 Å². The van der Waals surface area contributed by atoms with Crippen LogP contribution in [0.5, 0.6) is 6.01 Å². The number of benzene rings is 1. The summed E-state index contributed by atoms with van der Waals surface area (Å²) in [4.78, 5) is 32.0. The molecule has 36 heavy (non-hydrogen) atoms. The summed E-state index contributed by atoms with van der Waals surface area (Å²) in [6.07, 6.45) is 3.88. The van der Waals surface area contributed by atoms with Gasteiger partial charge >= 0.3 is 6.01 Å². The third-order valence-electron chi connectivity index (χ3n) is 6.57. The third kappa shape index (κ3) is 5.39. The summed E-state index contributed by atoms with van der Waals surface area (Å²) in [7, 11) is 1.59. The van der Waals surface area contributed by atoms with Crippen molar-refractivity contribution in [1.82, 2.24) is 19.9 Å². The second-order valence-electron chi connectivity index (χ2n) is 8.98. The lowest BCUT2D eigenvalue weighted by molar-refractivity contribution is -0.117. The number of pyridine rings is 1. The van der Waals surface area contributed by atoms with Gasteiger partial charge < -0.3 is 20.1 Å². The summed E-state index contributed by atoms with van der Waals surface area (Å²) < 4.78 is 10.5. The van der Waals surface area contributed by atoms with Crippen molar-refractivity contribution in [2.45, 2.75) is 19.5 Å². The zero-order valence-corrected chi connectivity index (χ0v) is 20.5. The molecule has 0 bridgehead atoms. The van der Waals surface area contributed by atoms with E-state index in [1.807, 2.05) is 12.4 Å². The Labute approximate surface area is 210 Å². The van der Waals surface area contributed by atoms with Crippen molar-refractivity contribution in [1.29, 1.82) is 0 Å². The second-order valence-corrected chi connectivity index (χ2v) is 8.98. The summed E-state index contributed by atoms with van der Waals surface area (Å²) in [5.41, 5.74) is 10.3. The van der Waals surface area contributed by atoms with Gasteiger partial charge in [-0.05, 0) is 23.3 Å². The standard InChI is InChI=1S/C26H31N7O3/c1-35-14-15-36-26-29-24(27)22-16-23(34)33(25(22)30-26)18-20-4-2-19(3-5-20)17-31-10-12-32(13-11-31)21-6-8-28-9-7-21/h2-9H,10-18H2,1H3,(H2,27,29,30). The van der Waals surface area contributed by atoms with Crippen LogP contribution < -0.4 is 20.3 Å². The molecule has 0 saturated carbocycles. The lowest BCUT2D eigenvalue weighted by Crippen LogP contribution is -2.45. The van der Waals surface area contributed by atoms with E-state index in [1.54, 1.807) is 12.0 Å². The Morgan fingerprint density at radius 3 is 2.31 bits per heavy atom. The van der Waals surface area contributed by atoms with Gasteiger partial charge in [0.05, 0.1) is 19.6 Å². The zero-order chi connectivity index (χ0) is 24.9. The number of carbonyl (C=O) groups is 1. The van der Waals surface area contributed by atoms with Gasteiger partial charge in [0.2, 0.25) is 5.91 Å². The Bertz CT molecular complexity index is 1180. The van der Waals surface area contributed by atoms with Gasteiger partial charge in [0.1, 0.15) is 18.2 Å². The number of nitrogen functional groups attached to an aromatic ring is 1. The van der Waals surface area contributed by atoms with E-state index in [1.165, 1.54) is 11.3 Å². The Balaban J connectivity index is 1.19. The van der Waals surface area contributed by atoms with Crippen molar-refractivity contribution in [3.8, 4) is 6.01 Å². The van der Waals surface area contributed by atoms with Crippen LogP contribution in [0.15, 0.2) is 48.8 Å². The first-order valence-corrected chi connectivity index (χ1v) is 12.1. The number of nitrogens with two attached hydrogens (primary N) is 1. The van der Waals surface area contributed by atoms with E-state index in [0.29, 0.717) is 31.1 Å². The highest BCUT2D eigenvalue weighted by atomic mass is 16.5. The number of amides is 1. The van der Waals surface area contributed by atoms with Gasteiger partial charge in [0, 0.05) is 63.5 Å². The number of hydrogen-bond acceptors (Lipinski definition) is 9. The number of methoxy groups -OCH3 is 1. The summed E-state index contributed by atoms with van der Waals surface area (Å²) >= 11 is 0. The average molecular weight is 490 g/mol. The van der Waals surface area contributed by atoms with Crippen LogP contribution in [0.25, 0.3) is 0 Å². The fourth-order valence-electron chi connectivity index (χ4n) is 4.58. The molecular weight excluding hydrogens is 458 g/mol. The average Bonchev–Trinajstić information content (AvgIpc) is 3.22. The summed E-state index contributed by atoms with van der Waals surface area (Å²) in [6.45, 7) is 6.07. The van der Waals surface area contributed by atoms with E-state index in [2.05, 4.69) is 61.1 Å². The predicted octanol–water partition coefficient (Wildman–Crippen LogP) is 1.89. The van der Waals surface area contributed by atoms with Crippen molar-refractivity contribution >= 4 is 23.2 Å². The van der Waals surface area contributed by atoms with Crippen LogP contribution >= 0.6 is 0 Å². The molecule has 0 spiro atoms. The molecule has 0 unspecified atom stereocenters. The van der Waals surface area contributed by atoms with Crippen molar-refractivity contribution in [2.24, 2.45) is 0 Å². The van der Waals surface area contributed by atoms with Crippen LogP contribution in [0.1, 0.15) is 16.7 Å². The number of fused-ring (bicyclic) bond motifs is 1. The molecule has 4 heterocycles. The van der Waals surface area contributed by atoms with Crippen LogP contribution in [0, 0.1) is 0 Å². The molecule has 5 rings (SSSR count). The highest BCUT2D eigenvalue weighted by molar-refractivity contribution is 6.01. The van der Waals surface area contributed by atoms with Gasteiger partial charge in [0.15, 0.2) is 0 Å². The fourth-order valence-corrected chi connectivity index (χ4v) is 4.58. The van der Waals surface area contributed by atoms with Gasteiger partial charge in [-0.15, -0.1) is 0 Å². The van der Waals surface area contributed by atoms with Crippen LogP contribution in [-0.4, -0.2) is 72.3 Å². The van der Waals surface area contributed by atoms with Gasteiger partial charge in [0.25, 0.3) is 0 Å². The molecular formula is C26H31N7O3. The minimum atomic E-state index is -0.0452. The van der Waals surface area contributed by atoms with Crippen LogP contribution in [-0.2, 0) is 29.0 Å². The summed E-state index contributed by atoms with van der Waals surface area (Å²) in [5, 5.41) is 0. The van der Waals surface area contributed by atoms with E-state index in [-0.39, 0.29) is 24.2 Å². The van der Waals surface area contributed by atoms with Crippen LogP contribution in [0.4, 0.5) is 17.3 Å². The predicted molar refractivity (Wildman–Crippen MR) is 137 cm³/mol. The fraction of sp³-hybridized carbons (Fsp3) is 0.385. The monoisotopic (exact) mass is 489 g/mol. The minimum Gasteiger partial charge on any atom is -0.461 e. The molecule has 2 aliphatic heterocycles. The molecule has 10 nitrogen and oxygen atoms in total. The smallest absolute Gasteiger partial charge is 0.320 e. The first kappa shape index (κ1) is 24.0. The molecule has 0 atom stereocenters. The maximum atomic E-state index is 12.7. The molecule has 1 aromatic carbocycles. The largest absolute Gasteiger partial charge is 0.461 e. The Morgan fingerprint density at radius 2 is 1.61 bits per heavy atom. The van der Waals surface area contributed by atoms with E-state index >= 15 is 0 Å². The number of aromatic nitrogens is 3. The number of carbonyl (C=O) groups excluding carboxylic acids is 1. The molecule has 188 valence electrons. The molecule has 1 fully saturated rings. The van der Waals surface area contributed by atoms with Crippen LogP contribution in [0.2, 0.25) is 0 Å². The van der Waals surface area contributed by atoms with E-state index in [9.17, 15) is 4.79 Å². The van der Waals surface area contributed by atoms with E-state index in [4.69, 9.17) is 15.2 Å². The minimum absolute atomic E-state index is 0.0452. The molecule has 0 radical (unpaired) electrons. The Kier molecular flexibility index (Phi) is 7.24. The quantitative estimate of drug-likeness (QED) is 0.451. The first-order chi connectivity index (χ1) is 17.6. The molecule has 2 N–H and O–H groups in total. The molecule has 10 heteroatoms. The Morgan fingerprint density at radius 1 is 0.917 bits per heavy atom. The van der Waals surface area contributed by atoms with Gasteiger partial charge in [-0.2, -0.15) is 9.97 Å². The van der Waals surface area contributed by atoms with Gasteiger partial charge in [-0.25, -0.2) is 0 Å². The summed E-state index contributed by atoms with van der Waals surface area (Å²) in [6, 6.07) is 12.7. The second kappa shape index (κ2) is 10.9. The van der Waals surface area contributed by atoms with Crippen molar-refractivity contribution in [2.75, 3.05) is 62.0 Å². The molecule has 2 aliphatic rings. The molecule has 0 aliphatic carbocycles.